The molecule has 9 heteroatoms. The maximum Gasteiger partial charge on any atom is 0.261 e. The minimum absolute atomic E-state index is 0.181. The van der Waals surface area contributed by atoms with Gasteiger partial charge in [-0.15, -0.1) is 0 Å². The van der Waals surface area contributed by atoms with Gasteiger partial charge in [0.05, 0.1) is 24.1 Å². The Balaban J connectivity index is 1.47. The molecule has 0 saturated carbocycles. The number of anilines is 1. The third-order valence-corrected chi connectivity index (χ3v) is 6.52. The van der Waals surface area contributed by atoms with Crippen molar-refractivity contribution in [2.45, 2.75) is 32.6 Å². The monoisotopic (exact) mass is 495 g/mol. The Labute approximate surface area is 212 Å². The summed E-state index contributed by atoms with van der Waals surface area (Å²) in [5.74, 6) is 1.21. The number of nitrogens with one attached hydrogen (secondary N) is 2. The number of fused-ring (bicyclic) bond motifs is 2. The molecule has 0 atom stereocenters. The topological polar surface area (TPSA) is 115 Å². The van der Waals surface area contributed by atoms with E-state index >= 15 is 0 Å². The fourth-order valence-electron chi connectivity index (χ4n) is 4.81. The largest absolute Gasteiger partial charge is 0.493 e. The zero-order valence-corrected chi connectivity index (χ0v) is 20.3. The molecule has 0 saturated heterocycles. The summed E-state index contributed by atoms with van der Waals surface area (Å²) in [7, 11) is 0. The first-order chi connectivity index (χ1) is 18.1. The molecule has 1 aliphatic carbocycles. The summed E-state index contributed by atoms with van der Waals surface area (Å²) in [5, 5.41) is 9.29. The third kappa shape index (κ3) is 4.18. The second-order valence-corrected chi connectivity index (χ2v) is 8.87. The van der Waals surface area contributed by atoms with E-state index < -0.39 is 0 Å². The minimum atomic E-state index is -0.368. The average molecular weight is 496 g/mol. The third-order valence-electron chi connectivity index (χ3n) is 6.52. The molecule has 5 aromatic rings. The number of carbonyl (C=O) groups excluding carboxylic acids is 1. The highest BCUT2D eigenvalue weighted by molar-refractivity contribution is 6.15. The van der Waals surface area contributed by atoms with E-state index in [-0.39, 0.29) is 17.4 Å². The standard InChI is InChI=1S/C28H25N5O4/c1-2-36-23-14-13-17-8-3-4-9-18(17)25(23)27(35)30-24-16-21(22-12-7-15-37-22)32-33(24)28-29-20-11-6-5-10-19(20)26(34)31-28/h3-4,7-9,12-16H,2,5-6,10-11H2,1H3,(H,30,35)(H,29,31,34). The number of aromatic nitrogens is 4. The Bertz CT molecular complexity index is 1670. The van der Waals surface area contributed by atoms with Crippen LogP contribution in [0.25, 0.3) is 28.2 Å². The lowest BCUT2D eigenvalue weighted by atomic mass is 9.97. The van der Waals surface area contributed by atoms with Crippen molar-refractivity contribution in [2.75, 3.05) is 11.9 Å². The van der Waals surface area contributed by atoms with Crippen molar-refractivity contribution in [1.29, 1.82) is 0 Å². The highest BCUT2D eigenvalue weighted by Gasteiger charge is 2.23. The van der Waals surface area contributed by atoms with Crippen molar-refractivity contribution in [1.82, 2.24) is 19.7 Å². The smallest absolute Gasteiger partial charge is 0.261 e. The normalized spacial score (nSPS) is 12.9. The van der Waals surface area contributed by atoms with Crippen molar-refractivity contribution in [2.24, 2.45) is 0 Å². The molecule has 0 aliphatic heterocycles. The van der Waals surface area contributed by atoms with Crippen molar-refractivity contribution in [3.63, 3.8) is 0 Å². The molecule has 9 nitrogen and oxygen atoms in total. The Morgan fingerprint density at radius 1 is 1.14 bits per heavy atom. The number of carbonyl (C=O) groups is 1. The first-order valence-corrected chi connectivity index (χ1v) is 12.3. The van der Waals surface area contributed by atoms with Crippen LogP contribution in [0, 0.1) is 0 Å². The number of aromatic amines is 1. The molecular formula is C28H25N5O4. The van der Waals surface area contributed by atoms with Gasteiger partial charge in [0.2, 0.25) is 5.95 Å². The number of hydrogen-bond donors (Lipinski definition) is 2. The van der Waals surface area contributed by atoms with E-state index in [1.54, 1.807) is 30.5 Å². The lowest BCUT2D eigenvalue weighted by molar-refractivity contribution is 0.102. The van der Waals surface area contributed by atoms with E-state index in [0.717, 1.165) is 41.3 Å². The maximum atomic E-state index is 13.8. The first-order valence-electron chi connectivity index (χ1n) is 12.3. The summed E-state index contributed by atoms with van der Waals surface area (Å²) >= 11 is 0. The van der Waals surface area contributed by atoms with Gasteiger partial charge in [-0.25, -0.2) is 4.98 Å². The number of benzene rings is 2. The molecule has 0 bridgehead atoms. The van der Waals surface area contributed by atoms with E-state index in [4.69, 9.17) is 14.1 Å². The molecule has 0 radical (unpaired) electrons. The van der Waals surface area contributed by atoms with Gasteiger partial charge in [-0.1, -0.05) is 30.3 Å². The average Bonchev–Trinajstić information content (AvgIpc) is 3.59. The minimum Gasteiger partial charge on any atom is -0.493 e. The summed E-state index contributed by atoms with van der Waals surface area (Å²) < 4.78 is 12.8. The van der Waals surface area contributed by atoms with Gasteiger partial charge >= 0.3 is 0 Å². The number of aryl methyl sites for hydroxylation is 1. The number of ether oxygens (including phenoxy) is 1. The zero-order chi connectivity index (χ0) is 25.4. The molecule has 0 unspecified atom stereocenters. The Hall–Kier alpha value is -4.66. The highest BCUT2D eigenvalue weighted by Crippen LogP contribution is 2.31. The molecule has 0 fully saturated rings. The van der Waals surface area contributed by atoms with Crippen LogP contribution in [0.4, 0.5) is 5.82 Å². The van der Waals surface area contributed by atoms with Crippen LogP contribution in [0.15, 0.2) is 70.1 Å². The van der Waals surface area contributed by atoms with Gasteiger partial charge in [-0.2, -0.15) is 9.78 Å². The second kappa shape index (κ2) is 9.42. The molecule has 0 spiro atoms. The first kappa shape index (κ1) is 22.8. The molecule has 6 rings (SSSR count). The van der Waals surface area contributed by atoms with E-state index in [2.05, 4.69) is 15.4 Å². The zero-order valence-electron chi connectivity index (χ0n) is 20.3. The lowest BCUT2D eigenvalue weighted by Gasteiger charge is -2.16. The van der Waals surface area contributed by atoms with Gasteiger partial charge in [-0.3, -0.25) is 14.6 Å². The lowest BCUT2D eigenvalue weighted by Crippen LogP contribution is -2.25. The van der Waals surface area contributed by atoms with Crippen molar-refractivity contribution < 1.29 is 13.9 Å². The Morgan fingerprint density at radius 3 is 2.84 bits per heavy atom. The number of furan rings is 1. The van der Waals surface area contributed by atoms with Crippen LogP contribution < -0.4 is 15.6 Å². The van der Waals surface area contributed by atoms with Crippen LogP contribution in [-0.4, -0.2) is 32.3 Å². The van der Waals surface area contributed by atoms with Gasteiger partial charge in [0.25, 0.3) is 11.5 Å². The van der Waals surface area contributed by atoms with Gasteiger partial charge < -0.3 is 14.5 Å². The number of nitrogens with zero attached hydrogens (tertiary/aromatic N) is 3. The van der Waals surface area contributed by atoms with Gasteiger partial charge in [-0.05, 0) is 61.6 Å². The van der Waals surface area contributed by atoms with E-state index in [1.807, 2.05) is 37.3 Å². The molecule has 2 N–H and O–H groups in total. The van der Waals surface area contributed by atoms with Crippen LogP contribution in [0.5, 0.6) is 5.75 Å². The molecule has 1 aliphatic rings. The number of H-pyrrole nitrogens is 1. The quantitative estimate of drug-likeness (QED) is 0.346. The van der Waals surface area contributed by atoms with Crippen LogP contribution in [-0.2, 0) is 12.8 Å². The summed E-state index contributed by atoms with van der Waals surface area (Å²) in [5.41, 5.74) is 2.21. The summed E-state index contributed by atoms with van der Waals surface area (Å²) in [6, 6.07) is 16.6. The highest BCUT2D eigenvalue weighted by atomic mass is 16.5. The van der Waals surface area contributed by atoms with Crippen LogP contribution in [0.2, 0.25) is 0 Å². The van der Waals surface area contributed by atoms with Crippen molar-refractivity contribution in [3.05, 3.63) is 88.0 Å². The Kier molecular flexibility index (Phi) is 5.80. The SMILES string of the molecule is CCOc1ccc2ccccc2c1C(=O)Nc1cc(-c2ccco2)nn1-c1nc2c(c(=O)[nH]1)CCCC2. The van der Waals surface area contributed by atoms with E-state index in [1.165, 1.54) is 4.68 Å². The summed E-state index contributed by atoms with van der Waals surface area (Å²) in [6.45, 7) is 2.29. The van der Waals surface area contributed by atoms with Gasteiger partial charge in [0, 0.05) is 11.6 Å². The molecule has 1 amide bonds. The molecular weight excluding hydrogens is 470 g/mol. The van der Waals surface area contributed by atoms with Gasteiger partial charge in [0.1, 0.15) is 17.3 Å². The van der Waals surface area contributed by atoms with Gasteiger partial charge in [0.15, 0.2) is 5.76 Å². The van der Waals surface area contributed by atoms with Crippen LogP contribution in [0.3, 0.4) is 0 Å². The second-order valence-electron chi connectivity index (χ2n) is 8.87. The fourth-order valence-corrected chi connectivity index (χ4v) is 4.81. The predicted molar refractivity (Wildman–Crippen MR) is 139 cm³/mol. The predicted octanol–water partition coefficient (Wildman–Crippen LogP) is 4.90. The van der Waals surface area contributed by atoms with E-state index in [9.17, 15) is 9.59 Å². The molecule has 37 heavy (non-hydrogen) atoms. The Morgan fingerprint density at radius 2 is 2.00 bits per heavy atom. The molecule has 2 aromatic carbocycles. The van der Waals surface area contributed by atoms with Crippen molar-refractivity contribution in [3.8, 4) is 23.2 Å². The van der Waals surface area contributed by atoms with Crippen LogP contribution >= 0.6 is 0 Å². The number of amides is 1. The summed E-state index contributed by atoms with van der Waals surface area (Å²) in [4.78, 5) is 34.2. The summed E-state index contributed by atoms with van der Waals surface area (Å²) in [6.07, 6.45) is 4.93. The number of hydrogen-bond acceptors (Lipinski definition) is 6. The maximum absolute atomic E-state index is 13.8. The number of rotatable bonds is 6. The molecule has 186 valence electrons. The molecule has 3 heterocycles. The van der Waals surface area contributed by atoms with E-state index in [0.29, 0.717) is 41.6 Å². The van der Waals surface area contributed by atoms with Crippen LogP contribution in [0.1, 0.15) is 41.4 Å². The van der Waals surface area contributed by atoms with Crippen molar-refractivity contribution >= 4 is 22.5 Å². The fraction of sp³-hybridized carbons (Fsp3) is 0.214. The molecule has 3 aromatic heterocycles.